The molecule has 2 heterocycles. The highest BCUT2D eigenvalue weighted by Gasteiger charge is 2.31. The van der Waals surface area contributed by atoms with Crippen molar-refractivity contribution in [2.75, 3.05) is 38.2 Å². The summed E-state index contributed by atoms with van der Waals surface area (Å²) in [5.74, 6) is 2.35. The monoisotopic (exact) mass is 510 g/mol. The highest BCUT2D eigenvalue weighted by atomic mass is 35.5. The number of pyridine rings is 1. The van der Waals surface area contributed by atoms with E-state index in [4.69, 9.17) is 16.3 Å². The number of halogens is 2. The van der Waals surface area contributed by atoms with Gasteiger partial charge in [-0.25, -0.2) is 4.39 Å². The van der Waals surface area contributed by atoms with Gasteiger partial charge in [0.25, 0.3) is 0 Å². The molecule has 0 radical (unpaired) electrons. The normalized spacial score (nSPS) is 19.9. The van der Waals surface area contributed by atoms with Gasteiger partial charge in [0.15, 0.2) is 0 Å². The highest BCUT2D eigenvalue weighted by molar-refractivity contribution is 7.99. The Hall–Kier alpha value is -1.57. The van der Waals surface area contributed by atoms with Crippen LogP contribution in [-0.4, -0.2) is 59.2 Å². The molecule has 1 aliphatic heterocycles. The van der Waals surface area contributed by atoms with Crippen molar-refractivity contribution in [3.63, 3.8) is 0 Å². The fourth-order valence-electron chi connectivity index (χ4n) is 4.85. The molecule has 1 saturated heterocycles. The van der Waals surface area contributed by atoms with Crippen LogP contribution < -0.4 is 4.74 Å². The number of fused-ring (bicyclic) bond motifs is 1. The first-order valence-corrected chi connectivity index (χ1v) is 13.7. The molecule has 0 amide bonds. The number of alkyl halides is 1. The van der Waals surface area contributed by atoms with E-state index in [9.17, 15) is 9.90 Å². The number of nitrogens with zero attached hydrogens (tertiary/aromatic N) is 2. The number of hydrogen-bond donors (Lipinski definition) is 1. The van der Waals surface area contributed by atoms with Crippen LogP contribution in [0.25, 0.3) is 10.9 Å². The first-order valence-electron chi connectivity index (χ1n) is 12.2. The van der Waals surface area contributed by atoms with Crippen molar-refractivity contribution in [3.8, 4) is 5.75 Å². The van der Waals surface area contributed by atoms with Gasteiger partial charge in [-0.05, 0) is 68.0 Å². The van der Waals surface area contributed by atoms with E-state index in [0.29, 0.717) is 40.1 Å². The lowest BCUT2D eigenvalue weighted by molar-refractivity contribution is -0.139. The summed E-state index contributed by atoms with van der Waals surface area (Å²) >= 11 is 8.35. The first-order chi connectivity index (χ1) is 16.4. The molecule has 5 nitrogen and oxygen atoms in total. The van der Waals surface area contributed by atoms with Crippen molar-refractivity contribution >= 4 is 40.2 Å². The Morgan fingerprint density at radius 1 is 1.38 bits per heavy atom. The summed E-state index contributed by atoms with van der Waals surface area (Å²) in [4.78, 5) is 18.2. The number of aromatic nitrogens is 1. The molecule has 2 aromatic rings. The summed E-state index contributed by atoms with van der Waals surface area (Å²) in [6, 6.07) is 5.38. The van der Waals surface area contributed by atoms with Crippen LogP contribution in [0.1, 0.15) is 57.2 Å². The molecule has 2 unspecified atom stereocenters. The van der Waals surface area contributed by atoms with E-state index in [1.54, 1.807) is 25.3 Å². The lowest BCUT2D eigenvalue weighted by atomic mass is 9.79. The lowest BCUT2D eigenvalue weighted by Gasteiger charge is -2.38. The summed E-state index contributed by atoms with van der Waals surface area (Å²) in [5.41, 5.74) is 1.12. The molecule has 0 spiro atoms. The van der Waals surface area contributed by atoms with E-state index >= 15 is 4.39 Å². The molecule has 188 valence electrons. The molecule has 0 aliphatic carbocycles. The predicted molar refractivity (Wildman–Crippen MR) is 139 cm³/mol. The molecular formula is C26H36ClFN2O3S. The molecule has 8 heteroatoms. The number of likely N-dealkylation sites (tertiary alicyclic amines) is 1. The average Bonchev–Trinajstić information content (AvgIpc) is 2.82. The van der Waals surface area contributed by atoms with Crippen LogP contribution in [0.4, 0.5) is 4.39 Å². The zero-order chi connectivity index (χ0) is 24.5. The summed E-state index contributed by atoms with van der Waals surface area (Å²) in [5, 5.41) is 10.4. The lowest BCUT2D eigenvalue weighted by Crippen LogP contribution is -2.42. The van der Waals surface area contributed by atoms with E-state index in [-0.39, 0.29) is 18.3 Å². The molecule has 0 saturated carbocycles. The summed E-state index contributed by atoms with van der Waals surface area (Å²) in [6.07, 6.45) is 4.70. The molecule has 1 fully saturated rings. The minimum absolute atomic E-state index is 0.0452. The molecule has 0 bridgehead atoms. The molecule has 34 heavy (non-hydrogen) atoms. The van der Waals surface area contributed by atoms with Crippen molar-refractivity contribution in [3.05, 3.63) is 35.0 Å². The van der Waals surface area contributed by atoms with Crippen LogP contribution in [0.5, 0.6) is 5.75 Å². The van der Waals surface area contributed by atoms with Gasteiger partial charge in [0.2, 0.25) is 0 Å². The number of benzene rings is 1. The topological polar surface area (TPSA) is 62.7 Å². The van der Waals surface area contributed by atoms with Crippen LogP contribution in [0, 0.1) is 11.8 Å². The van der Waals surface area contributed by atoms with Crippen molar-refractivity contribution in [2.24, 2.45) is 11.8 Å². The molecule has 1 aromatic heterocycles. The largest absolute Gasteiger partial charge is 0.497 e. The number of unbranched alkanes of at least 4 members (excludes halogenated alkanes) is 1. The van der Waals surface area contributed by atoms with E-state index in [1.807, 2.05) is 11.8 Å². The summed E-state index contributed by atoms with van der Waals surface area (Å²) < 4.78 is 20.9. The fraction of sp³-hybridized carbons (Fsp3) is 0.615. The third-order valence-electron chi connectivity index (χ3n) is 6.78. The number of carboxylic acid groups (broad SMARTS) is 1. The van der Waals surface area contributed by atoms with Crippen molar-refractivity contribution < 1.29 is 19.0 Å². The maximum absolute atomic E-state index is 15.6. The molecule has 1 N–H and O–H groups in total. The Bertz CT molecular complexity index is 948. The third kappa shape index (κ3) is 7.46. The number of aliphatic carboxylic acids is 1. The summed E-state index contributed by atoms with van der Waals surface area (Å²) in [6.45, 7) is 4.91. The zero-order valence-corrected chi connectivity index (χ0v) is 21.7. The van der Waals surface area contributed by atoms with Crippen LogP contribution in [0.2, 0.25) is 5.02 Å². The SMILES string of the molecule is CCCCSCCN1CCC(CC[C@@H](F)c2c(Cl)cnc3ccc(OC)cc23)C(CC(=O)O)C1. The van der Waals surface area contributed by atoms with Gasteiger partial charge in [-0.1, -0.05) is 24.9 Å². The molecular weight excluding hydrogens is 475 g/mol. The Morgan fingerprint density at radius 3 is 2.94 bits per heavy atom. The fourth-order valence-corrected chi connectivity index (χ4v) is 6.21. The standard InChI is InChI=1S/C26H36ClFN2O3S/c1-3-4-12-34-13-11-30-10-9-18(19(17-30)14-25(31)32)5-7-23(28)26-21-15-20(33-2)6-8-24(21)29-16-22(26)27/h6,8,15-16,18-19,23H,3-5,7,9-14,17H2,1-2H3,(H,31,32)/t18?,19?,23-/m1/s1. The van der Waals surface area contributed by atoms with Crippen molar-refractivity contribution in [1.29, 1.82) is 0 Å². The van der Waals surface area contributed by atoms with Crippen molar-refractivity contribution in [2.45, 2.75) is 51.6 Å². The second-order valence-corrected chi connectivity index (χ2v) is 10.8. The van der Waals surface area contributed by atoms with Crippen LogP contribution in [-0.2, 0) is 4.79 Å². The molecule has 1 aliphatic rings. The number of thioether (sulfide) groups is 1. The highest BCUT2D eigenvalue weighted by Crippen LogP contribution is 2.39. The number of methoxy groups -OCH3 is 1. The predicted octanol–water partition coefficient (Wildman–Crippen LogP) is 6.63. The minimum atomic E-state index is -1.25. The van der Waals surface area contributed by atoms with Crippen molar-refractivity contribution in [1.82, 2.24) is 9.88 Å². The number of carbonyl (C=O) groups is 1. The molecule has 3 rings (SSSR count). The number of hydrogen-bond acceptors (Lipinski definition) is 5. The Balaban J connectivity index is 1.63. The zero-order valence-electron chi connectivity index (χ0n) is 20.1. The van der Waals surface area contributed by atoms with Gasteiger partial charge in [-0.3, -0.25) is 9.78 Å². The quantitative estimate of drug-likeness (QED) is 0.305. The number of carboxylic acids is 1. The Morgan fingerprint density at radius 2 is 2.21 bits per heavy atom. The van der Waals surface area contributed by atoms with E-state index < -0.39 is 12.1 Å². The van der Waals surface area contributed by atoms with Gasteiger partial charge in [-0.2, -0.15) is 11.8 Å². The van der Waals surface area contributed by atoms with E-state index in [2.05, 4.69) is 16.8 Å². The maximum Gasteiger partial charge on any atom is 0.303 e. The average molecular weight is 511 g/mol. The maximum atomic E-state index is 15.6. The second-order valence-electron chi connectivity index (χ2n) is 9.12. The van der Waals surface area contributed by atoms with Crippen LogP contribution in [0.15, 0.2) is 24.4 Å². The van der Waals surface area contributed by atoms with E-state index in [1.165, 1.54) is 24.8 Å². The van der Waals surface area contributed by atoms with Gasteiger partial charge >= 0.3 is 5.97 Å². The third-order valence-corrected chi connectivity index (χ3v) is 8.13. The van der Waals surface area contributed by atoms with Gasteiger partial charge in [0.1, 0.15) is 11.9 Å². The van der Waals surface area contributed by atoms with Gasteiger partial charge in [0.05, 0.1) is 17.6 Å². The number of ether oxygens (including phenoxy) is 1. The van der Waals surface area contributed by atoms with Gasteiger partial charge < -0.3 is 14.7 Å². The molecule has 1 aromatic carbocycles. The Kier molecular flexibility index (Phi) is 10.7. The van der Waals surface area contributed by atoms with Crippen LogP contribution in [0.3, 0.4) is 0 Å². The smallest absolute Gasteiger partial charge is 0.303 e. The minimum Gasteiger partial charge on any atom is -0.497 e. The van der Waals surface area contributed by atoms with E-state index in [0.717, 1.165) is 31.8 Å². The van der Waals surface area contributed by atoms with Crippen LogP contribution >= 0.6 is 23.4 Å². The molecule has 3 atom stereocenters. The van der Waals surface area contributed by atoms with Gasteiger partial charge in [0, 0.05) is 42.4 Å². The Labute approximate surface area is 211 Å². The first kappa shape index (κ1) is 27.0. The number of rotatable bonds is 13. The second kappa shape index (κ2) is 13.5. The number of piperidine rings is 1. The van der Waals surface area contributed by atoms with Gasteiger partial charge in [-0.15, -0.1) is 0 Å². The summed E-state index contributed by atoms with van der Waals surface area (Å²) in [7, 11) is 1.57.